The van der Waals surface area contributed by atoms with Crippen molar-refractivity contribution < 1.29 is 14.7 Å². The van der Waals surface area contributed by atoms with Crippen molar-refractivity contribution in [1.29, 1.82) is 0 Å². The molecule has 2 aromatic rings. The zero-order valence-electron chi connectivity index (χ0n) is 15.5. The van der Waals surface area contributed by atoms with E-state index in [9.17, 15) is 14.7 Å². The molecule has 2 rings (SSSR count). The number of carbonyl (C=O) groups excluding carboxylic acids is 1. The summed E-state index contributed by atoms with van der Waals surface area (Å²) in [6.45, 7) is 6.36. The molecule has 1 heterocycles. The van der Waals surface area contributed by atoms with Crippen LogP contribution in [0.1, 0.15) is 56.5 Å². The van der Waals surface area contributed by atoms with Gasteiger partial charge in [0.15, 0.2) is 0 Å². The summed E-state index contributed by atoms with van der Waals surface area (Å²) < 4.78 is 0. The van der Waals surface area contributed by atoms with E-state index in [1.54, 1.807) is 6.20 Å². The van der Waals surface area contributed by atoms with Gasteiger partial charge in [-0.15, -0.1) is 0 Å². The van der Waals surface area contributed by atoms with Crippen LogP contribution < -0.4 is 5.32 Å². The van der Waals surface area contributed by atoms with E-state index in [4.69, 9.17) is 0 Å². The van der Waals surface area contributed by atoms with Crippen LogP contribution in [0.4, 0.5) is 0 Å². The zero-order chi connectivity index (χ0) is 19.2. The Bertz CT molecular complexity index is 734. The minimum atomic E-state index is -0.945. The molecule has 0 fully saturated rings. The van der Waals surface area contributed by atoms with Gasteiger partial charge in [-0.3, -0.25) is 14.6 Å². The summed E-state index contributed by atoms with van der Waals surface area (Å²) in [7, 11) is 0. The molecule has 1 aromatic heterocycles. The van der Waals surface area contributed by atoms with Gasteiger partial charge in [0.05, 0.1) is 12.5 Å². The number of nitrogens with one attached hydrogen (secondary N) is 1. The van der Waals surface area contributed by atoms with Crippen LogP contribution in [0.3, 0.4) is 0 Å². The molecule has 0 radical (unpaired) electrons. The Hall–Kier alpha value is -2.69. The number of hydrogen-bond donors (Lipinski definition) is 2. The number of carboxylic acid groups (broad SMARTS) is 1. The van der Waals surface area contributed by atoms with Gasteiger partial charge in [0.1, 0.15) is 0 Å². The van der Waals surface area contributed by atoms with E-state index in [1.165, 1.54) is 0 Å². The predicted molar refractivity (Wildman–Crippen MR) is 101 cm³/mol. The fourth-order valence-electron chi connectivity index (χ4n) is 2.70. The Morgan fingerprint density at radius 1 is 1.12 bits per heavy atom. The van der Waals surface area contributed by atoms with Gasteiger partial charge in [0.25, 0.3) is 0 Å². The maximum Gasteiger partial charge on any atom is 0.305 e. The van der Waals surface area contributed by atoms with Crippen LogP contribution in [-0.2, 0) is 21.4 Å². The number of hydrogen-bond acceptors (Lipinski definition) is 3. The SMILES string of the molecule is CC(C)(C)c1ccc(C(CC(=O)O)NC(=O)CCc2ccccn2)cc1. The zero-order valence-corrected chi connectivity index (χ0v) is 15.5. The van der Waals surface area contributed by atoms with E-state index < -0.39 is 12.0 Å². The monoisotopic (exact) mass is 354 g/mol. The van der Waals surface area contributed by atoms with Gasteiger partial charge in [-0.1, -0.05) is 51.1 Å². The Balaban J connectivity index is 2.04. The Morgan fingerprint density at radius 2 is 1.81 bits per heavy atom. The Labute approximate surface area is 154 Å². The summed E-state index contributed by atoms with van der Waals surface area (Å²) in [5.41, 5.74) is 2.82. The number of aliphatic carboxylic acids is 1. The second kappa shape index (κ2) is 8.61. The highest BCUT2D eigenvalue weighted by Crippen LogP contribution is 2.25. The third kappa shape index (κ3) is 5.99. The lowest BCUT2D eigenvalue weighted by atomic mass is 9.86. The largest absolute Gasteiger partial charge is 0.481 e. The van der Waals surface area contributed by atoms with Crippen LogP contribution in [0.25, 0.3) is 0 Å². The highest BCUT2D eigenvalue weighted by atomic mass is 16.4. The molecule has 138 valence electrons. The van der Waals surface area contributed by atoms with Crippen molar-refractivity contribution in [2.45, 2.75) is 51.5 Å². The number of carbonyl (C=O) groups is 2. The minimum absolute atomic E-state index is 0.0206. The predicted octanol–water partition coefficient (Wildman–Crippen LogP) is 3.64. The van der Waals surface area contributed by atoms with Crippen molar-refractivity contribution in [3.8, 4) is 0 Å². The fraction of sp³-hybridized carbons (Fsp3) is 0.381. The van der Waals surface area contributed by atoms with Crippen LogP contribution in [0, 0.1) is 0 Å². The lowest BCUT2D eigenvalue weighted by Gasteiger charge is -2.22. The van der Waals surface area contributed by atoms with Crippen LogP contribution in [0.2, 0.25) is 0 Å². The second-order valence-corrected chi connectivity index (χ2v) is 7.41. The summed E-state index contributed by atoms with van der Waals surface area (Å²) >= 11 is 0. The van der Waals surface area contributed by atoms with E-state index in [0.717, 1.165) is 16.8 Å². The molecule has 5 nitrogen and oxygen atoms in total. The van der Waals surface area contributed by atoms with Gasteiger partial charge in [0, 0.05) is 18.3 Å². The first-order valence-corrected chi connectivity index (χ1v) is 8.77. The molecule has 1 atom stereocenters. The molecule has 0 aliphatic carbocycles. The highest BCUT2D eigenvalue weighted by molar-refractivity contribution is 5.78. The summed E-state index contributed by atoms with van der Waals surface area (Å²) in [5, 5.41) is 12.0. The van der Waals surface area contributed by atoms with E-state index in [2.05, 4.69) is 31.1 Å². The standard InChI is InChI=1S/C21H26N2O3/c1-21(2,3)16-9-7-15(8-10-16)18(14-20(25)26)23-19(24)12-11-17-6-4-5-13-22-17/h4-10,13,18H,11-12,14H2,1-3H3,(H,23,24)(H,25,26). The fourth-order valence-corrected chi connectivity index (χ4v) is 2.70. The Morgan fingerprint density at radius 3 is 2.35 bits per heavy atom. The molecule has 5 heteroatoms. The topological polar surface area (TPSA) is 79.3 Å². The molecular formula is C21H26N2O3. The smallest absolute Gasteiger partial charge is 0.305 e. The van der Waals surface area contributed by atoms with E-state index in [0.29, 0.717) is 6.42 Å². The first-order chi connectivity index (χ1) is 12.3. The second-order valence-electron chi connectivity index (χ2n) is 7.41. The number of aryl methyl sites for hydroxylation is 1. The van der Waals surface area contributed by atoms with Crippen molar-refractivity contribution in [2.24, 2.45) is 0 Å². The minimum Gasteiger partial charge on any atom is -0.481 e. The Kier molecular flexibility index (Phi) is 6.50. The van der Waals surface area contributed by atoms with Crippen molar-refractivity contribution in [2.75, 3.05) is 0 Å². The van der Waals surface area contributed by atoms with Crippen LogP contribution in [-0.4, -0.2) is 22.0 Å². The molecule has 0 saturated carbocycles. The number of pyridine rings is 1. The van der Waals surface area contributed by atoms with Crippen molar-refractivity contribution in [1.82, 2.24) is 10.3 Å². The maximum absolute atomic E-state index is 12.3. The summed E-state index contributed by atoms with van der Waals surface area (Å²) in [5.74, 6) is -1.12. The van der Waals surface area contributed by atoms with Gasteiger partial charge in [-0.25, -0.2) is 0 Å². The average molecular weight is 354 g/mol. The molecule has 0 aliphatic rings. The first-order valence-electron chi connectivity index (χ1n) is 8.77. The van der Waals surface area contributed by atoms with Gasteiger partial charge in [-0.05, 0) is 35.1 Å². The van der Waals surface area contributed by atoms with Gasteiger partial charge < -0.3 is 10.4 Å². The molecule has 0 bridgehead atoms. The average Bonchev–Trinajstić information content (AvgIpc) is 2.59. The van der Waals surface area contributed by atoms with Crippen molar-refractivity contribution in [3.63, 3.8) is 0 Å². The maximum atomic E-state index is 12.3. The molecule has 1 aromatic carbocycles. The van der Waals surface area contributed by atoms with Crippen LogP contribution in [0.5, 0.6) is 0 Å². The molecule has 0 saturated heterocycles. The summed E-state index contributed by atoms with van der Waals surface area (Å²) in [6.07, 6.45) is 2.34. The molecule has 0 spiro atoms. The normalized spacial score (nSPS) is 12.4. The highest BCUT2D eigenvalue weighted by Gasteiger charge is 2.19. The number of benzene rings is 1. The van der Waals surface area contributed by atoms with Crippen molar-refractivity contribution >= 4 is 11.9 Å². The van der Waals surface area contributed by atoms with Gasteiger partial charge in [0.2, 0.25) is 5.91 Å². The third-order valence-electron chi connectivity index (χ3n) is 4.23. The molecule has 2 N–H and O–H groups in total. The lowest BCUT2D eigenvalue weighted by Crippen LogP contribution is -2.30. The summed E-state index contributed by atoms with van der Waals surface area (Å²) in [4.78, 5) is 27.7. The summed E-state index contributed by atoms with van der Waals surface area (Å²) in [6, 6.07) is 12.8. The van der Waals surface area contributed by atoms with E-state index in [-0.39, 0.29) is 24.2 Å². The van der Waals surface area contributed by atoms with Crippen molar-refractivity contribution in [3.05, 3.63) is 65.5 Å². The van der Waals surface area contributed by atoms with E-state index >= 15 is 0 Å². The molecule has 0 aliphatic heterocycles. The van der Waals surface area contributed by atoms with Gasteiger partial charge >= 0.3 is 5.97 Å². The molecular weight excluding hydrogens is 328 g/mol. The lowest BCUT2D eigenvalue weighted by molar-refractivity contribution is -0.137. The number of nitrogens with zero attached hydrogens (tertiary/aromatic N) is 1. The van der Waals surface area contributed by atoms with E-state index in [1.807, 2.05) is 42.5 Å². The molecule has 26 heavy (non-hydrogen) atoms. The molecule has 1 amide bonds. The number of amides is 1. The number of carboxylic acids is 1. The first kappa shape index (κ1) is 19.6. The quantitative estimate of drug-likeness (QED) is 0.795. The van der Waals surface area contributed by atoms with Crippen LogP contribution >= 0.6 is 0 Å². The number of rotatable bonds is 7. The number of aromatic nitrogens is 1. The van der Waals surface area contributed by atoms with Crippen LogP contribution in [0.15, 0.2) is 48.7 Å². The third-order valence-corrected chi connectivity index (χ3v) is 4.23. The molecule has 1 unspecified atom stereocenters. The van der Waals surface area contributed by atoms with Gasteiger partial charge in [-0.2, -0.15) is 0 Å².